The highest BCUT2D eigenvalue weighted by Crippen LogP contribution is 2.35. The quantitative estimate of drug-likeness (QED) is 0.567. The number of thiophene rings is 1. The fraction of sp³-hybridized carbons (Fsp3) is 0.0625. The first kappa shape index (κ1) is 13.7. The molecule has 0 aliphatic heterocycles. The van der Waals surface area contributed by atoms with Crippen molar-refractivity contribution in [3.05, 3.63) is 59.0 Å². The first-order chi connectivity index (χ1) is 11.3. The average Bonchev–Trinajstić information content (AvgIpc) is 3.05. The van der Waals surface area contributed by atoms with E-state index in [9.17, 15) is 4.79 Å². The summed E-state index contributed by atoms with van der Waals surface area (Å²) in [6.07, 6.45) is 8.32. The zero-order valence-corrected chi connectivity index (χ0v) is 13.0. The Morgan fingerprint density at radius 3 is 2.52 bits per heavy atom. The molecule has 23 heavy (non-hydrogen) atoms. The molecule has 7 heteroatoms. The molecule has 0 saturated carbocycles. The number of hydrogen-bond acceptors (Lipinski definition) is 6. The molecular weight excluding hydrogens is 310 g/mol. The molecule has 0 fully saturated rings. The Bertz CT molecular complexity index is 1040. The first-order valence-electron chi connectivity index (χ1n) is 6.90. The van der Waals surface area contributed by atoms with Crippen molar-refractivity contribution in [1.29, 1.82) is 0 Å². The van der Waals surface area contributed by atoms with Crippen LogP contribution in [0, 0.1) is 0 Å². The van der Waals surface area contributed by atoms with Crippen LogP contribution in [-0.4, -0.2) is 24.7 Å². The van der Waals surface area contributed by atoms with Gasteiger partial charge in [0.05, 0.1) is 10.1 Å². The standard InChI is InChI=1S/C16H11N5OS/c1-21-16(22)13-12(11-6-18-9-19-7-11)8-23-15(13)14(20-21)10-2-4-17-5-3-10/h2-9H,1H3. The third kappa shape index (κ3) is 2.22. The highest BCUT2D eigenvalue weighted by atomic mass is 32.1. The van der Waals surface area contributed by atoms with Crippen molar-refractivity contribution in [2.24, 2.45) is 7.05 Å². The Morgan fingerprint density at radius 1 is 1.04 bits per heavy atom. The topological polar surface area (TPSA) is 73.6 Å². The average molecular weight is 321 g/mol. The van der Waals surface area contributed by atoms with Gasteiger partial charge in [0.2, 0.25) is 0 Å². The molecule has 0 saturated heterocycles. The monoisotopic (exact) mass is 321 g/mol. The molecule has 0 aliphatic rings. The van der Waals surface area contributed by atoms with Crippen molar-refractivity contribution < 1.29 is 0 Å². The van der Waals surface area contributed by atoms with E-state index in [1.807, 2.05) is 17.5 Å². The zero-order chi connectivity index (χ0) is 15.8. The van der Waals surface area contributed by atoms with Crippen molar-refractivity contribution in [2.75, 3.05) is 0 Å². The molecule has 0 radical (unpaired) electrons. The lowest BCUT2D eigenvalue weighted by Gasteiger charge is -2.06. The van der Waals surface area contributed by atoms with E-state index in [2.05, 4.69) is 20.1 Å². The third-order valence-electron chi connectivity index (χ3n) is 3.59. The molecule has 6 nitrogen and oxygen atoms in total. The zero-order valence-electron chi connectivity index (χ0n) is 12.2. The Kier molecular flexibility index (Phi) is 3.20. The van der Waals surface area contributed by atoms with Gasteiger partial charge in [-0.25, -0.2) is 14.6 Å². The van der Waals surface area contributed by atoms with Gasteiger partial charge in [-0.2, -0.15) is 5.10 Å². The summed E-state index contributed by atoms with van der Waals surface area (Å²) in [5, 5.41) is 7.04. The minimum absolute atomic E-state index is 0.127. The molecule has 0 aliphatic carbocycles. The molecule has 4 aromatic heterocycles. The molecule has 0 atom stereocenters. The summed E-state index contributed by atoms with van der Waals surface area (Å²) in [4.78, 5) is 24.7. The number of pyridine rings is 1. The van der Waals surface area contributed by atoms with Gasteiger partial charge in [-0.05, 0) is 12.1 Å². The number of nitrogens with zero attached hydrogens (tertiary/aromatic N) is 5. The van der Waals surface area contributed by atoms with E-state index in [0.717, 1.165) is 27.1 Å². The van der Waals surface area contributed by atoms with Gasteiger partial charge in [0, 0.05) is 53.9 Å². The molecule has 4 heterocycles. The maximum absolute atomic E-state index is 12.6. The van der Waals surface area contributed by atoms with E-state index >= 15 is 0 Å². The van der Waals surface area contributed by atoms with E-state index in [0.29, 0.717) is 5.39 Å². The maximum Gasteiger partial charge on any atom is 0.275 e. The molecule has 0 spiro atoms. The van der Waals surface area contributed by atoms with Gasteiger partial charge in [-0.3, -0.25) is 9.78 Å². The van der Waals surface area contributed by atoms with Crippen LogP contribution in [0.2, 0.25) is 0 Å². The van der Waals surface area contributed by atoms with Gasteiger partial charge < -0.3 is 0 Å². The van der Waals surface area contributed by atoms with Gasteiger partial charge in [0.1, 0.15) is 12.0 Å². The molecule has 0 unspecified atom stereocenters. The summed E-state index contributed by atoms with van der Waals surface area (Å²) >= 11 is 1.50. The van der Waals surface area contributed by atoms with E-state index in [1.54, 1.807) is 31.8 Å². The van der Waals surface area contributed by atoms with Crippen LogP contribution < -0.4 is 5.56 Å². The van der Waals surface area contributed by atoms with Crippen LogP contribution in [0.1, 0.15) is 0 Å². The molecular formula is C16H11N5OS. The fourth-order valence-electron chi connectivity index (χ4n) is 2.50. The minimum atomic E-state index is -0.127. The summed E-state index contributed by atoms with van der Waals surface area (Å²) in [5.41, 5.74) is 3.24. The normalized spacial score (nSPS) is 11.0. The molecule has 0 amide bonds. The third-order valence-corrected chi connectivity index (χ3v) is 4.58. The minimum Gasteiger partial charge on any atom is -0.267 e. The van der Waals surface area contributed by atoms with E-state index < -0.39 is 0 Å². The lowest BCUT2D eigenvalue weighted by atomic mass is 10.1. The fourth-order valence-corrected chi connectivity index (χ4v) is 3.57. The van der Waals surface area contributed by atoms with Crippen molar-refractivity contribution in [1.82, 2.24) is 24.7 Å². The van der Waals surface area contributed by atoms with Crippen LogP contribution >= 0.6 is 11.3 Å². The van der Waals surface area contributed by atoms with Gasteiger partial charge in [0.15, 0.2) is 0 Å². The first-order valence-corrected chi connectivity index (χ1v) is 7.78. The van der Waals surface area contributed by atoms with Crippen LogP contribution in [0.3, 0.4) is 0 Å². The maximum atomic E-state index is 12.6. The Hall–Kier alpha value is -2.93. The van der Waals surface area contributed by atoms with Gasteiger partial charge in [0.25, 0.3) is 5.56 Å². The largest absolute Gasteiger partial charge is 0.275 e. The number of aromatic nitrogens is 5. The highest BCUT2D eigenvalue weighted by molar-refractivity contribution is 7.18. The van der Waals surface area contributed by atoms with Gasteiger partial charge in [-0.1, -0.05) is 0 Å². The highest BCUT2D eigenvalue weighted by Gasteiger charge is 2.17. The summed E-state index contributed by atoms with van der Waals surface area (Å²) in [6, 6.07) is 3.77. The summed E-state index contributed by atoms with van der Waals surface area (Å²) in [6.45, 7) is 0. The van der Waals surface area contributed by atoms with E-state index in [4.69, 9.17) is 0 Å². The summed E-state index contributed by atoms with van der Waals surface area (Å²) in [5.74, 6) is 0. The van der Waals surface area contributed by atoms with E-state index in [1.165, 1.54) is 22.3 Å². The summed E-state index contributed by atoms with van der Waals surface area (Å²) < 4.78 is 2.23. The van der Waals surface area contributed by atoms with E-state index in [-0.39, 0.29) is 5.56 Å². The molecule has 0 bridgehead atoms. The van der Waals surface area contributed by atoms with Gasteiger partial charge in [-0.15, -0.1) is 11.3 Å². The Morgan fingerprint density at radius 2 is 1.78 bits per heavy atom. The number of hydrogen-bond donors (Lipinski definition) is 0. The van der Waals surface area contributed by atoms with Crippen LogP contribution in [0.4, 0.5) is 0 Å². The lowest BCUT2D eigenvalue weighted by Crippen LogP contribution is -2.20. The van der Waals surface area contributed by atoms with Crippen LogP contribution in [0.15, 0.2) is 53.4 Å². The van der Waals surface area contributed by atoms with Crippen LogP contribution in [-0.2, 0) is 7.05 Å². The molecule has 0 N–H and O–H groups in total. The van der Waals surface area contributed by atoms with Crippen molar-refractivity contribution in [3.8, 4) is 22.4 Å². The predicted octanol–water partition coefficient (Wildman–Crippen LogP) is 2.51. The van der Waals surface area contributed by atoms with Crippen LogP contribution in [0.5, 0.6) is 0 Å². The second kappa shape index (κ2) is 5.36. The number of rotatable bonds is 2. The predicted molar refractivity (Wildman–Crippen MR) is 89.1 cm³/mol. The van der Waals surface area contributed by atoms with Gasteiger partial charge >= 0.3 is 0 Å². The Balaban J connectivity index is 2.08. The van der Waals surface area contributed by atoms with Crippen molar-refractivity contribution >= 4 is 21.4 Å². The summed E-state index contributed by atoms with van der Waals surface area (Å²) in [7, 11) is 1.66. The lowest BCUT2D eigenvalue weighted by molar-refractivity contribution is 0.723. The molecule has 0 aromatic carbocycles. The van der Waals surface area contributed by atoms with Crippen LogP contribution in [0.25, 0.3) is 32.5 Å². The molecule has 112 valence electrons. The second-order valence-corrected chi connectivity index (χ2v) is 5.87. The van der Waals surface area contributed by atoms with Crippen molar-refractivity contribution in [2.45, 2.75) is 0 Å². The Labute approximate surface area is 135 Å². The van der Waals surface area contributed by atoms with Crippen molar-refractivity contribution in [3.63, 3.8) is 0 Å². The second-order valence-electron chi connectivity index (χ2n) is 4.99. The number of aryl methyl sites for hydroxylation is 1. The number of fused-ring (bicyclic) bond motifs is 1. The SMILES string of the molecule is Cn1nc(-c2ccncc2)c2scc(-c3cncnc3)c2c1=O. The molecule has 4 rings (SSSR count). The smallest absolute Gasteiger partial charge is 0.267 e. The molecule has 4 aromatic rings.